The molecule has 6 nitrogen and oxygen atoms in total. The summed E-state index contributed by atoms with van der Waals surface area (Å²) >= 11 is 0. The van der Waals surface area contributed by atoms with Crippen LogP contribution in [0.15, 0.2) is 49.3 Å². The summed E-state index contributed by atoms with van der Waals surface area (Å²) in [6, 6.07) is 8.53. The number of aryl methyl sites for hydroxylation is 1. The van der Waals surface area contributed by atoms with Gasteiger partial charge in [0.05, 0.1) is 18.4 Å². The maximum absolute atomic E-state index is 4.32. The molecule has 0 unspecified atom stereocenters. The molecule has 22 heavy (non-hydrogen) atoms. The molecule has 0 aliphatic rings. The van der Waals surface area contributed by atoms with E-state index >= 15 is 0 Å². The summed E-state index contributed by atoms with van der Waals surface area (Å²) in [4.78, 5) is 4.01. The maximum atomic E-state index is 4.32. The van der Waals surface area contributed by atoms with Crippen LogP contribution in [-0.4, -0.2) is 30.6 Å². The summed E-state index contributed by atoms with van der Waals surface area (Å²) in [6.07, 6.45) is 7.20. The molecular formula is C16H20N6. The zero-order chi connectivity index (χ0) is 15.4. The number of nitrogens with zero attached hydrogens (tertiary/aromatic N) is 5. The first-order valence-corrected chi connectivity index (χ1v) is 7.38. The van der Waals surface area contributed by atoms with Gasteiger partial charge in [0, 0.05) is 18.8 Å². The summed E-state index contributed by atoms with van der Waals surface area (Å²) in [6.45, 7) is 5.84. The average Bonchev–Trinajstić information content (AvgIpc) is 3.17. The highest BCUT2D eigenvalue weighted by Crippen LogP contribution is 2.12. The van der Waals surface area contributed by atoms with Crippen molar-refractivity contribution in [1.82, 2.24) is 29.9 Å². The zero-order valence-electron chi connectivity index (χ0n) is 12.8. The molecule has 1 atom stereocenters. The molecule has 1 N–H and O–H groups in total. The molecule has 2 aromatic heterocycles. The van der Waals surface area contributed by atoms with Gasteiger partial charge in [-0.1, -0.05) is 18.2 Å². The third-order valence-electron chi connectivity index (χ3n) is 3.52. The summed E-state index contributed by atoms with van der Waals surface area (Å²) in [7, 11) is 0. The van der Waals surface area contributed by atoms with Crippen molar-refractivity contribution in [3.63, 3.8) is 0 Å². The van der Waals surface area contributed by atoms with Crippen molar-refractivity contribution in [2.45, 2.75) is 33.0 Å². The van der Waals surface area contributed by atoms with Crippen molar-refractivity contribution >= 4 is 0 Å². The highest BCUT2D eigenvalue weighted by Gasteiger charge is 2.07. The molecule has 0 radical (unpaired) electrons. The number of hydrogen-bond donors (Lipinski definition) is 1. The molecule has 114 valence electrons. The molecule has 0 spiro atoms. The van der Waals surface area contributed by atoms with Crippen LogP contribution >= 0.6 is 0 Å². The minimum Gasteiger partial charge on any atom is -0.308 e. The largest absolute Gasteiger partial charge is 0.308 e. The topological polar surface area (TPSA) is 60.6 Å². The van der Waals surface area contributed by atoms with E-state index in [1.54, 1.807) is 17.3 Å². The molecule has 0 saturated carbocycles. The first-order valence-electron chi connectivity index (χ1n) is 7.38. The molecule has 0 saturated heterocycles. The molecule has 3 rings (SSSR count). The second-order valence-electron chi connectivity index (χ2n) is 5.49. The molecule has 0 bridgehead atoms. The quantitative estimate of drug-likeness (QED) is 0.755. The minimum absolute atomic E-state index is 0.322. The van der Waals surface area contributed by atoms with Crippen molar-refractivity contribution in [1.29, 1.82) is 0 Å². The zero-order valence-corrected chi connectivity index (χ0v) is 12.8. The number of rotatable bonds is 6. The number of para-hydroxylation sites is 1. The lowest BCUT2D eigenvalue weighted by molar-refractivity contribution is 0.450. The smallest absolute Gasteiger partial charge is 0.138 e. The van der Waals surface area contributed by atoms with E-state index in [0.717, 1.165) is 18.8 Å². The van der Waals surface area contributed by atoms with E-state index in [9.17, 15) is 0 Å². The molecule has 2 heterocycles. The first kappa shape index (κ1) is 14.5. The Hall–Kier alpha value is -2.47. The van der Waals surface area contributed by atoms with Gasteiger partial charge in [0.25, 0.3) is 0 Å². The summed E-state index contributed by atoms with van der Waals surface area (Å²) < 4.78 is 3.76. The van der Waals surface area contributed by atoms with E-state index in [4.69, 9.17) is 0 Å². The molecular weight excluding hydrogens is 276 g/mol. The van der Waals surface area contributed by atoms with Gasteiger partial charge in [0.1, 0.15) is 12.7 Å². The van der Waals surface area contributed by atoms with Gasteiger partial charge in [-0.05, 0) is 31.0 Å². The molecule has 3 aromatic rings. The lowest BCUT2D eigenvalue weighted by atomic mass is 10.1. The normalized spacial score (nSPS) is 12.5. The molecule has 0 aliphatic carbocycles. The summed E-state index contributed by atoms with van der Waals surface area (Å²) in [5.41, 5.74) is 3.43. The lowest BCUT2D eigenvalue weighted by Crippen LogP contribution is -2.30. The molecule has 0 fully saturated rings. The van der Waals surface area contributed by atoms with Gasteiger partial charge in [-0.2, -0.15) is 10.2 Å². The number of aromatic nitrogens is 5. The van der Waals surface area contributed by atoms with Crippen LogP contribution in [0.2, 0.25) is 0 Å². The van der Waals surface area contributed by atoms with Crippen LogP contribution in [0.5, 0.6) is 0 Å². The van der Waals surface area contributed by atoms with Gasteiger partial charge in [0.15, 0.2) is 0 Å². The van der Waals surface area contributed by atoms with E-state index in [-0.39, 0.29) is 0 Å². The van der Waals surface area contributed by atoms with Crippen LogP contribution in [0.3, 0.4) is 0 Å². The standard InChI is InChI=1S/C16H20N6/c1-13-7-19-21(9-13)10-14(2)18-8-15-5-3-4-6-16(15)22-12-17-11-20-22/h3-7,9,11-12,14,18H,8,10H2,1-2H3/t14-/m0/s1. The summed E-state index contributed by atoms with van der Waals surface area (Å²) in [5, 5.41) is 12.1. The van der Waals surface area contributed by atoms with Gasteiger partial charge in [-0.3, -0.25) is 4.68 Å². The molecule has 0 amide bonds. The van der Waals surface area contributed by atoms with E-state index in [2.05, 4.69) is 46.6 Å². The van der Waals surface area contributed by atoms with Crippen LogP contribution in [0.4, 0.5) is 0 Å². The Bertz CT molecular complexity index is 716. The number of benzene rings is 1. The Morgan fingerprint density at radius 1 is 1.23 bits per heavy atom. The minimum atomic E-state index is 0.322. The van der Waals surface area contributed by atoms with Crippen LogP contribution in [-0.2, 0) is 13.1 Å². The van der Waals surface area contributed by atoms with Crippen molar-refractivity contribution in [2.75, 3.05) is 0 Å². The Morgan fingerprint density at radius 3 is 2.82 bits per heavy atom. The van der Waals surface area contributed by atoms with Crippen LogP contribution in [0.1, 0.15) is 18.1 Å². The van der Waals surface area contributed by atoms with E-state index in [1.165, 1.54) is 11.1 Å². The molecule has 6 heteroatoms. The predicted octanol–water partition coefficient (Wildman–Crippen LogP) is 1.95. The first-order chi connectivity index (χ1) is 10.7. The average molecular weight is 296 g/mol. The van der Waals surface area contributed by atoms with Crippen LogP contribution in [0, 0.1) is 6.92 Å². The Morgan fingerprint density at radius 2 is 2.09 bits per heavy atom. The second-order valence-corrected chi connectivity index (χ2v) is 5.49. The van der Waals surface area contributed by atoms with Gasteiger partial charge >= 0.3 is 0 Å². The number of nitrogens with one attached hydrogen (secondary N) is 1. The number of hydrogen-bond acceptors (Lipinski definition) is 4. The monoisotopic (exact) mass is 296 g/mol. The maximum Gasteiger partial charge on any atom is 0.138 e. The SMILES string of the molecule is Cc1cnn(C[C@H](C)NCc2ccccc2-n2cncn2)c1. The third-order valence-corrected chi connectivity index (χ3v) is 3.52. The van der Waals surface area contributed by atoms with Crippen molar-refractivity contribution < 1.29 is 0 Å². The lowest BCUT2D eigenvalue weighted by Gasteiger charge is -2.15. The fourth-order valence-corrected chi connectivity index (χ4v) is 2.41. The summed E-state index contributed by atoms with van der Waals surface area (Å²) in [5.74, 6) is 0. The predicted molar refractivity (Wildman–Crippen MR) is 84.6 cm³/mol. The van der Waals surface area contributed by atoms with Gasteiger partial charge < -0.3 is 5.32 Å². The van der Waals surface area contributed by atoms with E-state index in [1.807, 2.05) is 29.1 Å². The fraction of sp³-hybridized carbons (Fsp3) is 0.312. The van der Waals surface area contributed by atoms with Gasteiger partial charge in [-0.25, -0.2) is 9.67 Å². The van der Waals surface area contributed by atoms with Crippen LogP contribution < -0.4 is 5.32 Å². The fourth-order valence-electron chi connectivity index (χ4n) is 2.41. The van der Waals surface area contributed by atoms with Crippen LogP contribution in [0.25, 0.3) is 5.69 Å². The van der Waals surface area contributed by atoms with E-state index < -0.39 is 0 Å². The highest BCUT2D eigenvalue weighted by molar-refractivity contribution is 5.39. The Kier molecular flexibility index (Phi) is 4.29. The Labute approximate surface area is 129 Å². The highest BCUT2D eigenvalue weighted by atomic mass is 15.3. The molecule has 1 aromatic carbocycles. The third kappa shape index (κ3) is 3.40. The van der Waals surface area contributed by atoms with Crippen molar-refractivity contribution in [3.8, 4) is 5.69 Å². The van der Waals surface area contributed by atoms with E-state index in [0.29, 0.717) is 6.04 Å². The van der Waals surface area contributed by atoms with Crippen molar-refractivity contribution in [2.24, 2.45) is 0 Å². The second kappa shape index (κ2) is 6.53. The molecule has 0 aliphatic heterocycles. The van der Waals surface area contributed by atoms with Crippen molar-refractivity contribution in [3.05, 3.63) is 60.4 Å². The van der Waals surface area contributed by atoms with Gasteiger partial charge in [0.2, 0.25) is 0 Å². The Balaban J connectivity index is 1.64. The van der Waals surface area contributed by atoms with Gasteiger partial charge in [-0.15, -0.1) is 0 Å².